The van der Waals surface area contributed by atoms with Gasteiger partial charge in [-0.3, -0.25) is 4.79 Å². The van der Waals surface area contributed by atoms with Crippen LogP contribution >= 0.6 is 11.3 Å². The molecular weight excluding hydrogens is 412 g/mol. The topological polar surface area (TPSA) is 108 Å². The zero-order valence-electron chi connectivity index (χ0n) is 17.6. The van der Waals surface area contributed by atoms with Gasteiger partial charge in [0.05, 0.1) is 4.88 Å². The maximum Gasteiger partial charge on any atom is 0.303 e. The van der Waals surface area contributed by atoms with Crippen LogP contribution in [-0.2, 0) is 10.4 Å². The summed E-state index contributed by atoms with van der Waals surface area (Å²) in [4.78, 5) is 25.1. The predicted molar refractivity (Wildman–Crippen MR) is 120 cm³/mol. The van der Waals surface area contributed by atoms with Crippen LogP contribution in [0.3, 0.4) is 0 Å². The van der Waals surface area contributed by atoms with E-state index in [1.165, 1.54) is 11.3 Å². The van der Waals surface area contributed by atoms with E-state index in [9.17, 15) is 9.90 Å². The Morgan fingerprint density at radius 3 is 2.71 bits per heavy atom. The van der Waals surface area contributed by atoms with Crippen LogP contribution in [0.2, 0.25) is 0 Å². The number of aromatic nitrogens is 3. The van der Waals surface area contributed by atoms with Crippen molar-refractivity contribution in [1.29, 1.82) is 0 Å². The lowest BCUT2D eigenvalue weighted by Gasteiger charge is -2.34. The van der Waals surface area contributed by atoms with Crippen molar-refractivity contribution in [2.45, 2.75) is 51.6 Å². The zero-order chi connectivity index (χ0) is 22.0. The minimum Gasteiger partial charge on any atom is -0.481 e. The summed E-state index contributed by atoms with van der Waals surface area (Å²) in [5.74, 6) is -0.0904. The highest BCUT2D eigenvalue weighted by atomic mass is 32.1. The number of nitrogens with zero attached hydrogens (tertiary/aromatic N) is 3. The molecule has 3 aromatic rings. The van der Waals surface area contributed by atoms with Crippen molar-refractivity contribution in [3.63, 3.8) is 0 Å². The van der Waals surface area contributed by atoms with E-state index < -0.39 is 11.6 Å². The molecule has 1 saturated carbocycles. The third-order valence-corrected chi connectivity index (χ3v) is 6.95. The van der Waals surface area contributed by atoms with Gasteiger partial charge in [-0.15, -0.1) is 11.3 Å². The number of benzene rings is 1. The molecule has 0 radical (unpaired) electrons. The van der Waals surface area contributed by atoms with Crippen LogP contribution in [0, 0.1) is 19.8 Å². The quantitative estimate of drug-likeness (QED) is 0.507. The molecule has 1 aromatic carbocycles. The van der Waals surface area contributed by atoms with E-state index in [2.05, 4.69) is 26.3 Å². The van der Waals surface area contributed by atoms with E-state index in [4.69, 9.17) is 5.11 Å². The van der Waals surface area contributed by atoms with Gasteiger partial charge in [-0.05, 0) is 74.8 Å². The molecule has 4 rings (SSSR count). The van der Waals surface area contributed by atoms with Crippen LogP contribution in [0.4, 0.5) is 11.6 Å². The summed E-state index contributed by atoms with van der Waals surface area (Å²) in [6.07, 6.45) is 6.19. The fraction of sp³-hybridized carbons (Fsp3) is 0.391. The molecule has 0 spiro atoms. The molecule has 8 heteroatoms. The molecule has 31 heavy (non-hydrogen) atoms. The minimum absolute atomic E-state index is 0.131. The number of aryl methyl sites for hydroxylation is 2. The van der Waals surface area contributed by atoms with Crippen molar-refractivity contribution in [2.24, 2.45) is 5.92 Å². The van der Waals surface area contributed by atoms with Crippen LogP contribution in [0.15, 0.2) is 36.7 Å². The second kappa shape index (κ2) is 8.72. The lowest BCUT2D eigenvalue weighted by molar-refractivity contribution is -0.139. The number of carboxylic acid groups (broad SMARTS) is 1. The van der Waals surface area contributed by atoms with E-state index in [1.54, 1.807) is 6.20 Å². The minimum atomic E-state index is -0.974. The van der Waals surface area contributed by atoms with Crippen molar-refractivity contribution in [3.8, 4) is 10.4 Å². The van der Waals surface area contributed by atoms with Crippen LogP contribution in [0.5, 0.6) is 0 Å². The molecule has 0 amide bonds. The second-order valence-electron chi connectivity index (χ2n) is 8.34. The first-order chi connectivity index (χ1) is 14.8. The molecule has 2 aromatic heterocycles. The fourth-order valence-corrected chi connectivity index (χ4v) is 5.13. The number of aliphatic hydroxyl groups is 1. The lowest BCUT2D eigenvalue weighted by atomic mass is 9.78. The number of anilines is 2. The standard InChI is InChI=1S/C23H26N4O3S/c1-14-9-17(12-18(10-14)27-22-24-8-5-15(2)26-22)19-13-25-21(31-19)23(30)6-3-16(4-7-23)11-20(28)29/h5,8-10,12-13,16,30H,3-4,6-7,11H2,1-2H3,(H,28,29)(H,24,26,27)/t16-,23+. The number of aliphatic carboxylic acids is 1. The third-order valence-electron chi connectivity index (χ3n) is 5.71. The highest BCUT2D eigenvalue weighted by Gasteiger charge is 2.37. The van der Waals surface area contributed by atoms with Crippen molar-refractivity contribution < 1.29 is 15.0 Å². The van der Waals surface area contributed by atoms with Crippen LogP contribution in [0.25, 0.3) is 10.4 Å². The Hall–Kier alpha value is -2.84. The normalized spacial score (nSPS) is 21.1. The number of thiazole rings is 1. The molecule has 3 N–H and O–H groups in total. The molecule has 2 heterocycles. The largest absolute Gasteiger partial charge is 0.481 e. The van der Waals surface area contributed by atoms with Gasteiger partial charge in [0, 0.05) is 30.2 Å². The molecule has 0 bridgehead atoms. The fourth-order valence-electron chi connectivity index (χ4n) is 4.08. The zero-order valence-corrected chi connectivity index (χ0v) is 18.4. The van der Waals surface area contributed by atoms with Gasteiger partial charge >= 0.3 is 5.97 Å². The third kappa shape index (κ3) is 5.08. The van der Waals surface area contributed by atoms with Gasteiger partial charge in [-0.25, -0.2) is 15.0 Å². The van der Waals surface area contributed by atoms with E-state index in [1.807, 2.05) is 38.2 Å². The maximum absolute atomic E-state index is 11.2. The average molecular weight is 439 g/mol. The molecule has 162 valence electrons. The van der Waals surface area contributed by atoms with Gasteiger partial charge in [0.2, 0.25) is 5.95 Å². The van der Waals surface area contributed by atoms with Crippen LogP contribution in [-0.4, -0.2) is 31.1 Å². The van der Waals surface area contributed by atoms with Gasteiger partial charge in [-0.2, -0.15) is 0 Å². The molecule has 0 unspecified atom stereocenters. The van der Waals surface area contributed by atoms with Gasteiger partial charge in [0.25, 0.3) is 0 Å². The Morgan fingerprint density at radius 1 is 1.23 bits per heavy atom. The van der Waals surface area contributed by atoms with Crippen LogP contribution in [0.1, 0.15) is 48.4 Å². The summed E-state index contributed by atoms with van der Waals surface area (Å²) in [6, 6.07) is 8.01. The van der Waals surface area contributed by atoms with Gasteiger partial charge in [-0.1, -0.05) is 6.07 Å². The SMILES string of the molecule is Cc1cc(Nc2nccc(C)n2)cc(-c2cnc([C@]3(O)CC[C@@H](CC(=O)O)CC3)s2)c1. The highest BCUT2D eigenvalue weighted by Crippen LogP contribution is 2.43. The van der Waals surface area contributed by atoms with E-state index in [0.29, 0.717) is 36.6 Å². The molecule has 1 aliphatic rings. The van der Waals surface area contributed by atoms with Crippen molar-refractivity contribution in [2.75, 3.05) is 5.32 Å². The molecule has 0 aliphatic heterocycles. The summed E-state index contributed by atoms with van der Waals surface area (Å²) in [5, 5.41) is 24.1. The molecule has 0 saturated heterocycles. The number of rotatable bonds is 6. The summed E-state index contributed by atoms with van der Waals surface area (Å²) >= 11 is 1.50. The Labute approximate surface area is 185 Å². The lowest BCUT2D eigenvalue weighted by Crippen LogP contribution is -2.32. The van der Waals surface area contributed by atoms with E-state index >= 15 is 0 Å². The predicted octanol–water partition coefficient (Wildman–Crippen LogP) is 4.81. The van der Waals surface area contributed by atoms with Gasteiger partial charge < -0.3 is 15.5 Å². The second-order valence-corrected chi connectivity index (χ2v) is 9.37. The summed E-state index contributed by atoms with van der Waals surface area (Å²) < 4.78 is 0. The van der Waals surface area contributed by atoms with Gasteiger partial charge in [0.15, 0.2) is 0 Å². The Balaban J connectivity index is 1.52. The molecule has 7 nitrogen and oxygen atoms in total. The van der Waals surface area contributed by atoms with E-state index in [0.717, 1.165) is 27.4 Å². The molecular formula is C23H26N4O3S. The summed E-state index contributed by atoms with van der Waals surface area (Å²) in [7, 11) is 0. The molecule has 0 atom stereocenters. The molecule has 1 fully saturated rings. The number of hydrogen-bond acceptors (Lipinski definition) is 7. The Morgan fingerprint density at radius 2 is 2.00 bits per heavy atom. The van der Waals surface area contributed by atoms with Gasteiger partial charge in [0.1, 0.15) is 10.6 Å². The maximum atomic E-state index is 11.2. The first-order valence-corrected chi connectivity index (χ1v) is 11.2. The van der Waals surface area contributed by atoms with Crippen molar-refractivity contribution in [1.82, 2.24) is 15.0 Å². The van der Waals surface area contributed by atoms with Crippen molar-refractivity contribution >= 4 is 28.9 Å². The summed E-state index contributed by atoms with van der Waals surface area (Å²) in [6.45, 7) is 3.96. The Kier molecular flexibility index (Phi) is 6.02. The first-order valence-electron chi connectivity index (χ1n) is 10.4. The van der Waals surface area contributed by atoms with E-state index in [-0.39, 0.29) is 12.3 Å². The number of hydrogen-bond donors (Lipinski definition) is 3. The monoisotopic (exact) mass is 438 g/mol. The Bertz CT molecular complexity index is 1090. The smallest absolute Gasteiger partial charge is 0.303 e. The molecule has 1 aliphatic carbocycles. The van der Waals surface area contributed by atoms with Crippen molar-refractivity contribution in [3.05, 3.63) is 52.9 Å². The number of carboxylic acids is 1. The number of carbonyl (C=O) groups is 1. The van der Waals surface area contributed by atoms with Crippen LogP contribution < -0.4 is 5.32 Å². The first kappa shape index (κ1) is 21.4. The summed E-state index contributed by atoms with van der Waals surface area (Å²) in [5.41, 5.74) is 2.92. The average Bonchev–Trinajstić information content (AvgIpc) is 3.20. The highest BCUT2D eigenvalue weighted by molar-refractivity contribution is 7.15. The number of nitrogens with one attached hydrogen (secondary N) is 1.